The molecule has 0 aromatic carbocycles. The molecule has 0 amide bonds. The van der Waals surface area contributed by atoms with Crippen molar-refractivity contribution in [2.75, 3.05) is 0 Å². The van der Waals surface area contributed by atoms with E-state index in [1.54, 1.807) is 0 Å². The fourth-order valence-corrected chi connectivity index (χ4v) is 0.318. The molecule has 2 heteroatoms. The molecule has 0 saturated heterocycles. The van der Waals surface area contributed by atoms with Crippen LogP contribution in [0.1, 0.15) is 19.8 Å². The minimum absolute atomic E-state index is 0.206. The number of hydrogen-bond donors (Lipinski definition) is 2. The fourth-order valence-electron chi connectivity index (χ4n) is 0.318. The fraction of sp³-hybridized carbons (Fsp3) is 0.800. The zero-order chi connectivity index (χ0) is 5.70. The minimum Gasteiger partial charge on any atom is -0.327 e. The third kappa shape index (κ3) is 3.46. The first-order chi connectivity index (χ1) is 3.31. The maximum atomic E-state index is 6.63. The van der Waals surface area contributed by atoms with Gasteiger partial charge in [-0.1, -0.05) is 6.92 Å². The molecule has 0 heterocycles. The molecular formula is C5H12N2. The SMILES string of the molecule is CCC(N)CC=N. The van der Waals surface area contributed by atoms with E-state index in [1.165, 1.54) is 6.21 Å². The average molecular weight is 100 g/mol. The van der Waals surface area contributed by atoms with Crippen molar-refractivity contribution in [2.24, 2.45) is 5.73 Å². The summed E-state index contributed by atoms with van der Waals surface area (Å²) in [5.74, 6) is 0. The predicted octanol–water partition coefficient (Wildman–Crippen LogP) is 0.763. The number of hydrogen-bond acceptors (Lipinski definition) is 2. The first-order valence-electron chi connectivity index (χ1n) is 2.55. The van der Waals surface area contributed by atoms with Gasteiger partial charge in [0, 0.05) is 6.04 Å². The molecule has 0 spiro atoms. The molecule has 7 heavy (non-hydrogen) atoms. The van der Waals surface area contributed by atoms with Crippen LogP contribution in [0.15, 0.2) is 0 Å². The van der Waals surface area contributed by atoms with Crippen LogP contribution >= 0.6 is 0 Å². The van der Waals surface area contributed by atoms with E-state index in [4.69, 9.17) is 11.1 Å². The molecule has 0 bridgehead atoms. The topological polar surface area (TPSA) is 49.9 Å². The van der Waals surface area contributed by atoms with Gasteiger partial charge in [-0.15, -0.1) is 0 Å². The summed E-state index contributed by atoms with van der Waals surface area (Å²) in [4.78, 5) is 0. The standard InChI is InChI=1S/C5H12N2/c1-2-5(7)3-4-6/h4-6H,2-3,7H2,1H3. The Balaban J connectivity index is 2.98. The maximum Gasteiger partial charge on any atom is 0.00855 e. The predicted molar refractivity (Wildman–Crippen MR) is 31.7 cm³/mol. The van der Waals surface area contributed by atoms with Gasteiger partial charge in [0.15, 0.2) is 0 Å². The van der Waals surface area contributed by atoms with Crippen LogP contribution in [-0.2, 0) is 0 Å². The Labute approximate surface area is 44.2 Å². The van der Waals surface area contributed by atoms with Gasteiger partial charge in [-0.25, -0.2) is 0 Å². The quantitative estimate of drug-likeness (QED) is 0.505. The first kappa shape index (κ1) is 6.63. The van der Waals surface area contributed by atoms with E-state index in [1.807, 2.05) is 6.92 Å². The van der Waals surface area contributed by atoms with Crippen molar-refractivity contribution in [3.8, 4) is 0 Å². The van der Waals surface area contributed by atoms with Crippen LogP contribution in [0.4, 0.5) is 0 Å². The lowest BCUT2D eigenvalue weighted by molar-refractivity contribution is 0.679. The van der Waals surface area contributed by atoms with Gasteiger partial charge in [-0.05, 0) is 19.1 Å². The molecule has 0 aromatic rings. The van der Waals surface area contributed by atoms with Crippen LogP contribution in [0, 0.1) is 5.41 Å². The van der Waals surface area contributed by atoms with Crippen molar-refractivity contribution in [3.63, 3.8) is 0 Å². The molecule has 1 atom stereocenters. The van der Waals surface area contributed by atoms with Gasteiger partial charge in [-0.3, -0.25) is 0 Å². The minimum atomic E-state index is 0.206. The maximum absolute atomic E-state index is 6.63. The van der Waals surface area contributed by atoms with Crippen molar-refractivity contribution in [2.45, 2.75) is 25.8 Å². The van der Waals surface area contributed by atoms with E-state index < -0.39 is 0 Å². The molecule has 42 valence electrons. The molecule has 0 rings (SSSR count). The van der Waals surface area contributed by atoms with Crippen molar-refractivity contribution >= 4 is 6.21 Å². The van der Waals surface area contributed by atoms with E-state index in [-0.39, 0.29) is 6.04 Å². The first-order valence-corrected chi connectivity index (χ1v) is 2.55. The summed E-state index contributed by atoms with van der Waals surface area (Å²) < 4.78 is 0. The molecular weight excluding hydrogens is 88.1 g/mol. The van der Waals surface area contributed by atoms with Crippen molar-refractivity contribution in [3.05, 3.63) is 0 Å². The van der Waals surface area contributed by atoms with Crippen molar-refractivity contribution in [1.82, 2.24) is 0 Å². The lowest BCUT2D eigenvalue weighted by Crippen LogP contribution is -2.18. The molecule has 0 aliphatic rings. The molecule has 0 aliphatic carbocycles. The van der Waals surface area contributed by atoms with E-state index in [0.717, 1.165) is 12.8 Å². The molecule has 0 aromatic heterocycles. The number of rotatable bonds is 3. The number of nitrogens with one attached hydrogen (secondary N) is 1. The van der Waals surface area contributed by atoms with Crippen LogP contribution in [0.25, 0.3) is 0 Å². The van der Waals surface area contributed by atoms with E-state index in [2.05, 4.69) is 0 Å². The highest BCUT2D eigenvalue weighted by molar-refractivity contribution is 5.53. The normalized spacial score (nSPS) is 13.4. The van der Waals surface area contributed by atoms with Gasteiger partial charge < -0.3 is 11.1 Å². The van der Waals surface area contributed by atoms with E-state index in [9.17, 15) is 0 Å². The zero-order valence-electron chi connectivity index (χ0n) is 4.65. The second-order valence-electron chi connectivity index (χ2n) is 1.61. The average Bonchev–Trinajstić information content (AvgIpc) is 1.68. The summed E-state index contributed by atoms with van der Waals surface area (Å²) in [7, 11) is 0. The Hall–Kier alpha value is -0.370. The summed E-state index contributed by atoms with van der Waals surface area (Å²) in [6.45, 7) is 2.02. The molecule has 0 radical (unpaired) electrons. The van der Waals surface area contributed by atoms with Crippen molar-refractivity contribution < 1.29 is 0 Å². The largest absolute Gasteiger partial charge is 0.327 e. The van der Waals surface area contributed by atoms with Gasteiger partial charge >= 0.3 is 0 Å². The highest BCUT2D eigenvalue weighted by atomic mass is 14.6. The molecule has 0 saturated carbocycles. The lowest BCUT2D eigenvalue weighted by Gasteiger charge is -2.00. The van der Waals surface area contributed by atoms with Crippen LogP contribution in [-0.4, -0.2) is 12.3 Å². The van der Waals surface area contributed by atoms with Gasteiger partial charge in [0.1, 0.15) is 0 Å². The molecule has 2 nitrogen and oxygen atoms in total. The second-order valence-corrected chi connectivity index (χ2v) is 1.61. The van der Waals surface area contributed by atoms with E-state index in [0.29, 0.717) is 0 Å². The summed E-state index contributed by atoms with van der Waals surface area (Å²) >= 11 is 0. The Morgan fingerprint density at radius 3 is 2.57 bits per heavy atom. The summed E-state index contributed by atoms with van der Waals surface area (Å²) in [6.07, 6.45) is 3.04. The zero-order valence-corrected chi connectivity index (χ0v) is 4.65. The second kappa shape index (κ2) is 3.81. The molecule has 0 aliphatic heterocycles. The number of nitrogens with two attached hydrogens (primary N) is 1. The van der Waals surface area contributed by atoms with Gasteiger partial charge in [0.25, 0.3) is 0 Å². The van der Waals surface area contributed by atoms with Gasteiger partial charge in [0.05, 0.1) is 0 Å². The third-order valence-electron chi connectivity index (χ3n) is 0.945. The summed E-state index contributed by atoms with van der Waals surface area (Å²) in [5.41, 5.74) is 5.43. The smallest absolute Gasteiger partial charge is 0.00855 e. The Morgan fingerprint density at radius 2 is 2.43 bits per heavy atom. The van der Waals surface area contributed by atoms with Crippen LogP contribution in [0.2, 0.25) is 0 Å². The highest BCUT2D eigenvalue weighted by Gasteiger charge is 1.91. The molecule has 1 unspecified atom stereocenters. The van der Waals surface area contributed by atoms with E-state index >= 15 is 0 Å². The van der Waals surface area contributed by atoms with Crippen molar-refractivity contribution in [1.29, 1.82) is 5.41 Å². The third-order valence-corrected chi connectivity index (χ3v) is 0.945. The van der Waals surface area contributed by atoms with Crippen LogP contribution < -0.4 is 5.73 Å². The van der Waals surface area contributed by atoms with Gasteiger partial charge in [0.2, 0.25) is 0 Å². The van der Waals surface area contributed by atoms with Gasteiger partial charge in [-0.2, -0.15) is 0 Å². The Bertz CT molecular complexity index is 52.0. The summed E-state index contributed by atoms with van der Waals surface area (Å²) in [6, 6.07) is 0.206. The lowest BCUT2D eigenvalue weighted by atomic mass is 10.2. The molecule has 3 N–H and O–H groups in total. The highest BCUT2D eigenvalue weighted by Crippen LogP contribution is 1.87. The monoisotopic (exact) mass is 100 g/mol. The molecule has 0 fully saturated rings. The van der Waals surface area contributed by atoms with Crippen LogP contribution in [0.3, 0.4) is 0 Å². The summed E-state index contributed by atoms with van der Waals surface area (Å²) in [5, 5.41) is 6.63. The Kier molecular flexibility index (Phi) is 3.61. The van der Waals surface area contributed by atoms with Crippen LogP contribution in [0.5, 0.6) is 0 Å². The Morgan fingerprint density at radius 1 is 1.86 bits per heavy atom.